The highest BCUT2D eigenvalue weighted by Crippen LogP contribution is 2.22. The summed E-state index contributed by atoms with van der Waals surface area (Å²) >= 11 is 6.10. The molecule has 0 bridgehead atoms. The predicted molar refractivity (Wildman–Crippen MR) is 125 cm³/mol. The lowest BCUT2D eigenvalue weighted by Crippen LogP contribution is -2.10. The average Bonchev–Trinajstić information content (AvgIpc) is 2.78. The second-order valence-electron chi connectivity index (χ2n) is 6.60. The van der Waals surface area contributed by atoms with Crippen molar-refractivity contribution in [2.45, 2.75) is 6.54 Å². The molecule has 0 radical (unpaired) electrons. The van der Waals surface area contributed by atoms with Crippen LogP contribution < -0.4 is 20.7 Å². The van der Waals surface area contributed by atoms with Crippen molar-refractivity contribution >= 4 is 40.8 Å². The quantitative estimate of drug-likeness (QED) is 0.332. The van der Waals surface area contributed by atoms with Crippen molar-refractivity contribution in [1.29, 1.82) is 0 Å². The smallest absolute Gasteiger partial charge is 0.233 e. The summed E-state index contributed by atoms with van der Waals surface area (Å²) in [5.41, 5.74) is 2.64. The van der Waals surface area contributed by atoms with Crippen molar-refractivity contribution in [3.8, 4) is 5.75 Å². The molecule has 3 N–H and O–H groups in total. The Morgan fingerprint density at radius 3 is 2.13 bits per heavy atom. The van der Waals surface area contributed by atoms with Gasteiger partial charge in [-0.3, -0.25) is 0 Å². The van der Waals surface area contributed by atoms with Crippen LogP contribution >= 0.6 is 11.6 Å². The van der Waals surface area contributed by atoms with Gasteiger partial charge in [-0.15, -0.1) is 0 Å². The predicted octanol–water partition coefficient (Wildman–Crippen LogP) is 5.63. The first-order chi connectivity index (χ1) is 15.2. The minimum atomic E-state index is 0.387. The molecule has 4 rings (SSSR count). The first-order valence-electron chi connectivity index (χ1n) is 9.66. The molecule has 0 spiro atoms. The first-order valence-corrected chi connectivity index (χ1v) is 10.0. The molecule has 0 saturated carbocycles. The van der Waals surface area contributed by atoms with E-state index in [2.05, 4.69) is 30.9 Å². The number of anilines is 5. The van der Waals surface area contributed by atoms with Crippen LogP contribution in [0.5, 0.6) is 5.75 Å². The van der Waals surface area contributed by atoms with Crippen LogP contribution in [0.15, 0.2) is 78.9 Å². The van der Waals surface area contributed by atoms with Crippen molar-refractivity contribution in [1.82, 2.24) is 15.0 Å². The van der Waals surface area contributed by atoms with E-state index < -0.39 is 0 Å². The van der Waals surface area contributed by atoms with Crippen LogP contribution in [0.25, 0.3) is 0 Å². The van der Waals surface area contributed by atoms with Gasteiger partial charge in [-0.25, -0.2) is 0 Å². The van der Waals surface area contributed by atoms with Gasteiger partial charge in [0.15, 0.2) is 0 Å². The second-order valence-corrected chi connectivity index (χ2v) is 7.03. The normalized spacial score (nSPS) is 10.4. The zero-order valence-electron chi connectivity index (χ0n) is 16.8. The number of rotatable bonds is 8. The van der Waals surface area contributed by atoms with E-state index >= 15 is 0 Å². The van der Waals surface area contributed by atoms with Gasteiger partial charge in [0.25, 0.3) is 0 Å². The van der Waals surface area contributed by atoms with E-state index in [1.807, 2.05) is 72.8 Å². The molecule has 0 fully saturated rings. The molecule has 0 amide bonds. The number of hydrogen-bond donors (Lipinski definition) is 3. The molecule has 156 valence electrons. The molecule has 1 heterocycles. The van der Waals surface area contributed by atoms with E-state index in [-0.39, 0.29) is 0 Å². The molecule has 8 heteroatoms. The number of methoxy groups -OCH3 is 1. The summed E-state index contributed by atoms with van der Waals surface area (Å²) in [7, 11) is 1.65. The van der Waals surface area contributed by atoms with Gasteiger partial charge in [0.2, 0.25) is 17.8 Å². The lowest BCUT2D eigenvalue weighted by molar-refractivity contribution is 0.410. The standard InChI is InChI=1S/C23H21ClN6O/c1-31-20-13-6-5-8-16(20)15-25-21-28-22(26-18-10-3-2-4-11-18)30-23(29-21)27-19-12-7-9-17(24)14-19/h2-14H,15H2,1H3,(H3,25,26,27,28,29,30). The number of para-hydroxylation sites is 2. The lowest BCUT2D eigenvalue weighted by Gasteiger charge is -2.13. The van der Waals surface area contributed by atoms with Crippen LogP contribution in [0.2, 0.25) is 5.02 Å². The number of nitrogens with zero attached hydrogens (tertiary/aromatic N) is 3. The molecule has 0 aliphatic carbocycles. The van der Waals surface area contributed by atoms with Crippen molar-refractivity contribution in [2.24, 2.45) is 0 Å². The van der Waals surface area contributed by atoms with Gasteiger partial charge in [0.1, 0.15) is 5.75 Å². The van der Waals surface area contributed by atoms with Crippen molar-refractivity contribution in [3.63, 3.8) is 0 Å². The highest BCUT2D eigenvalue weighted by atomic mass is 35.5. The Hall–Kier alpha value is -3.84. The van der Waals surface area contributed by atoms with E-state index in [1.165, 1.54) is 0 Å². The monoisotopic (exact) mass is 432 g/mol. The highest BCUT2D eigenvalue weighted by Gasteiger charge is 2.09. The number of halogens is 1. The summed E-state index contributed by atoms with van der Waals surface area (Å²) in [6, 6.07) is 24.9. The van der Waals surface area contributed by atoms with Gasteiger partial charge in [-0.05, 0) is 36.4 Å². The maximum Gasteiger partial charge on any atom is 0.233 e. The summed E-state index contributed by atoms with van der Waals surface area (Å²) in [4.78, 5) is 13.5. The molecule has 0 aliphatic rings. The minimum Gasteiger partial charge on any atom is -0.496 e. The minimum absolute atomic E-state index is 0.387. The fourth-order valence-corrected chi connectivity index (χ4v) is 3.13. The lowest BCUT2D eigenvalue weighted by atomic mass is 10.2. The van der Waals surface area contributed by atoms with E-state index in [0.29, 0.717) is 29.4 Å². The van der Waals surface area contributed by atoms with Crippen LogP contribution in [0.4, 0.5) is 29.2 Å². The third-order valence-corrected chi connectivity index (χ3v) is 4.61. The fourth-order valence-electron chi connectivity index (χ4n) is 2.94. The molecule has 0 atom stereocenters. The van der Waals surface area contributed by atoms with E-state index in [1.54, 1.807) is 13.2 Å². The maximum atomic E-state index is 6.10. The average molecular weight is 433 g/mol. The first kappa shape index (κ1) is 20.4. The highest BCUT2D eigenvalue weighted by molar-refractivity contribution is 6.30. The Balaban J connectivity index is 1.60. The number of nitrogens with one attached hydrogen (secondary N) is 3. The number of ether oxygens (including phenoxy) is 1. The third-order valence-electron chi connectivity index (χ3n) is 4.38. The maximum absolute atomic E-state index is 6.10. The van der Waals surface area contributed by atoms with Gasteiger partial charge < -0.3 is 20.7 Å². The number of hydrogen-bond acceptors (Lipinski definition) is 7. The van der Waals surface area contributed by atoms with Crippen LogP contribution in [-0.4, -0.2) is 22.1 Å². The molecule has 31 heavy (non-hydrogen) atoms. The Bertz CT molecular complexity index is 1160. The zero-order chi connectivity index (χ0) is 21.5. The summed E-state index contributed by atoms with van der Waals surface area (Å²) in [5.74, 6) is 2.01. The largest absolute Gasteiger partial charge is 0.496 e. The molecular formula is C23H21ClN6O. The van der Waals surface area contributed by atoms with Crippen molar-refractivity contribution in [2.75, 3.05) is 23.1 Å². The molecule has 0 aliphatic heterocycles. The summed E-state index contributed by atoms with van der Waals surface area (Å²) in [5, 5.41) is 10.3. The Kier molecular flexibility index (Phi) is 6.44. The van der Waals surface area contributed by atoms with E-state index in [0.717, 1.165) is 22.7 Å². The zero-order valence-corrected chi connectivity index (χ0v) is 17.6. The third kappa shape index (κ3) is 5.61. The summed E-state index contributed by atoms with van der Waals surface area (Å²) in [6.45, 7) is 0.495. The van der Waals surface area contributed by atoms with Gasteiger partial charge in [-0.2, -0.15) is 15.0 Å². The van der Waals surface area contributed by atoms with Crippen LogP contribution in [0.1, 0.15) is 5.56 Å². The molecule has 0 saturated heterocycles. The molecule has 0 unspecified atom stereocenters. The van der Waals surface area contributed by atoms with Gasteiger partial charge in [0.05, 0.1) is 7.11 Å². The Morgan fingerprint density at radius 1 is 0.742 bits per heavy atom. The Labute approximate surface area is 185 Å². The van der Waals surface area contributed by atoms with Gasteiger partial charge in [-0.1, -0.05) is 54.1 Å². The SMILES string of the molecule is COc1ccccc1CNc1nc(Nc2ccccc2)nc(Nc2cccc(Cl)c2)n1. The molecule has 4 aromatic rings. The van der Waals surface area contributed by atoms with Gasteiger partial charge in [0, 0.05) is 28.5 Å². The van der Waals surface area contributed by atoms with Crippen LogP contribution in [0.3, 0.4) is 0 Å². The molecule has 7 nitrogen and oxygen atoms in total. The number of benzene rings is 3. The van der Waals surface area contributed by atoms with Crippen LogP contribution in [-0.2, 0) is 6.54 Å². The van der Waals surface area contributed by atoms with Gasteiger partial charge >= 0.3 is 0 Å². The van der Waals surface area contributed by atoms with Crippen LogP contribution in [0, 0.1) is 0 Å². The summed E-state index contributed by atoms with van der Waals surface area (Å²) < 4.78 is 5.42. The molecular weight excluding hydrogens is 412 g/mol. The Morgan fingerprint density at radius 2 is 1.39 bits per heavy atom. The second kappa shape index (κ2) is 9.77. The van der Waals surface area contributed by atoms with E-state index in [9.17, 15) is 0 Å². The summed E-state index contributed by atoms with van der Waals surface area (Å²) in [6.07, 6.45) is 0. The van der Waals surface area contributed by atoms with E-state index in [4.69, 9.17) is 16.3 Å². The van der Waals surface area contributed by atoms with Crippen molar-refractivity contribution in [3.05, 3.63) is 89.4 Å². The fraction of sp³-hybridized carbons (Fsp3) is 0.0870. The molecule has 1 aromatic heterocycles. The molecule has 3 aromatic carbocycles. The topological polar surface area (TPSA) is 84.0 Å². The number of aromatic nitrogens is 3. The van der Waals surface area contributed by atoms with Crippen molar-refractivity contribution < 1.29 is 4.74 Å².